The van der Waals surface area contributed by atoms with Gasteiger partial charge in [0.25, 0.3) is 0 Å². The first kappa shape index (κ1) is 14.4. The third-order valence-electron chi connectivity index (χ3n) is 2.48. The van der Waals surface area contributed by atoms with Crippen LogP contribution in [-0.4, -0.2) is 24.0 Å². The van der Waals surface area contributed by atoms with Crippen LogP contribution in [0.2, 0.25) is 0 Å². The van der Waals surface area contributed by atoms with Crippen molar-refractivity contribution in [3.63, 3.8) is 0 Å². The Hall–Kier alpha value is -1.62. The van der Waals surface area contributed by atoms with E-state index in [1.54, 1.807) is 0 Å². The minimum Gasteiger partial charge on any atom is -0.492 e. The van der Waals surface area contributed by atoms with Crippen molar-refractivity contribution < 1.29 is 9.53 Å². The van der Waals surface area contributed by atoms with Gasteiger partial charge >= 0.3 is 0 Å². The van der Waals surface area contributed by atoms with E-state index in [1.807, 2.05) is 37.3 Å². The molecule has 18 heavy (non-hydrogen) atoms. The van der Waals surface area contributed by atoms with Crippen molar-refractivity contribution in [2.45, 2.75) is 13.3 Å². The molecular formula is C13H18N2O2S. The van der Waals surface area contributed by atoms with E-state index in [0.717, 1.165) is 5.75 Å². The fourth-order valence-electron chi connectivity index (χ4n) is 1.50. The minimum absolute atomic E-state index is 0.137. The molecule has 0 saturated heterocycles. The highest BCUT2D eigenvalue weighted by atomic mass is 32.1. The van der Waals surface area contributed by atoms with Crippen LogP contribution < -0.4 is 15.8 Å². The number of hydrogen-bond acceptors (Lipinski definition) is 3. The quantitative estimate of drug-likeness (QED) is 0.580. The molecule has 0 heterocycles. The lowest BCUT2D eigenvalue weighted by Crippen LogP contribution is -2.39. The number of ether oxygens (including phenoxy) is 1. The molecule has 0 fully saturated rings. The first-order valence-electron chi connectivity index (χ1n) is 5.90. The normalized spacial score (nSPS) is 11.6. The Morgan fingerprint density at radius 1 is 1.44 bits per heavy atom. The summed E-state index contributed by atoms with van der Waals surface area (Å²) in [6.45, 7) is 2.74. The van der Waals surface area contributed by atoms with Gasteiger partial charge in [0.2, 0.25) is 5.91 Å². The van der Waals surface area contributed by atoms with Crippen molar-refractivity contribution in [2.75, 3.05) is 13.2 Å². The molecule has 1 unspecified atom stereocenters. The largest absolute Gasteiger partial charge is 0.492 e. The van der Waals surface area contributed by atoms with E-state index in [9.17, 15) is 4.79 Å². The lowest BCUT2D eigenvalue weighted by atomic mass is 10.1. The lowest BCUT2D eigenvalue weighted by molar-refractivity contribution is -0.123. The van der Waals surface area contributed by atoms with Crippen molar-refractivity contribution in [3.05, 3.63) is 30.3 Å². The third-order valence-corrected chi connectivity index (χ3v) is 2.77. The van der Waals surface area contributed by atoms with E-state index in [4.69, 9.17) is 22.7 Å². The summed E-state index contributed by atoms with van der Waals surface area (Å²) in [4.78, 5) is 11.9. The van der Waals surface area contributed by atoms with Gasteiger partial charge in [-0.1, -0.05) is 37.3 Å². The summed E-state index contributed by atoms with van der Waals surface area (Å²) in [5.41, 5.74) is 5.48. The fourth-order valence-corrected chi connectivity index (χ4v) is 1.77. The molecule has 0 bridgehead atoms. The fraction of sp³-hybridized carbons (Fsp3) is 0.385. The van der Waals surface area contributed by atoms with Crippen LogP contribution in [0.3, 0.4) is 0 Å². The van der Waals surface area contributed by atoms with Crippen LogP contribution in [-0.2, 0) is 4.79 Å². The van der Waals surface area contributed by atoms with E-state index in [-0.39, 0.29) is 10.9 Å². The maximum Gasteiger partial charge on any atom is 0.230 e. The Bertz CT molecular complexity index is 395. The molecule has 0 saturated carbocycles. The van der Waals surface area contributed by atoms with Crippen LogP contribution in [0, 0.1) is 5.92 Å². The van der Waals surface area contributed by atoms with Crippen LogP contribution in [0.4, 0.5) is 0 Å². The second-order valence-corrected chi connectivity index (χ2v) is 4.29. The Morgan fingerprint density at radius 2 is 2.11 bits per heavy atom. The van der Waals surface area contributed by atoms with Gasteiger partial charge in [-0.25, -0.2) is 0 Å². The smallest absolute Gasteiger partial charge is 0.230 e. The number of nitrogens with two attached hydrogens (primary N) is 1. The number of carbonyl (C=O) groups is 1. The Balaban J connectivity index is 2.25. The predicted molar refractivity (Wildman–Crippen MR) is 75.5 cm³/mol. The molecule has 0 radical (unpaired) electrons. The van der Waals surface area contributed by atoms with Crippen molar-refractivity contribution in [1.29, 1.82) is 0 Å². The molecule has 4 nitrogen and oxygen atoms in total. The van der Waals surface area contributed by atoms with Gasteiger partial charge in [0, 0.05) is 0 Å². The van der Waals surface area contributed by atoms with E-state index in [0.29, 0.717) is 19.6 Å². The molecule has 0 spiro atoms. The first-order chi connectivity index (χ1) is 8.65. The SMILES string of the molecule is CCC(C(=O)NCCOc1ccccc1)C(N)=S. The van der Waals surface area contributed by atoms with Gasteiger partial charge in [0.05, 0.1) is 17.5 Å². The number of hydrogen-bond donors (Lipinski definition) is 2. The van der Waals surface area contributed by atoms with Gasteiger partial charge in [0.15, 0.2) is 0 Å². The molecule has 98 valence electrons. The highest BCUT2D eigenvalue weighted by Crippen LogP contribution is 2.07. The van der Waals surface area contributed by atoms with Gasteiger partial charge < -0.3 is 15.8 Å². The summed E-state index contributed by atoms with van der Waals surface area (Å²) in [6, 6.07) is 9.45. The van der Waals surface area contributed by atoms with Crippen LogP contribution in [0.15, 0.2) is 30.3 Å². The second-order valence-electron chi connectivity index (χ2n) is 3.82. The molecule has 0 aromatic heterocycles. The molecule has 0 aliphatic rings. The number of rotatable bonds is 7. The summed E-state index contributed by atoms with van der Waals surface area (Å²) in [7, 11) is 0. The minimum atomic E-state index is -0.392. The number of carbonyl (C=O) groups excluding carboxylic acids is 1. The van der Waals surface area contributed by atoms with Crippen molar-refractivity contribution in [2.24, 2.45) is 11.7 Å². The van der Waals surface area contributed by atoms with Crippen molar-refractivity contribution in [3.8, 4) is 5.75 Å². The van der Waals surface area contributed by atoms with E-state index < -0.39 is 5.92 Å². The predicted octanol–water partition coefficient (Wildman–Crippen LogP) is 1.49. The number of amides is 1. The summed E-state index contributed by atoms with van der Waals surface area (Å²) >= 11 is 4.83. The van der Waals surface area contributed by atoms with Crippen LogP contribution in [0.25, 0.3) is 0 Å². The van der Waals surface area contributed by atoms with Crippen LogP contribution in [0.5, 0.6) is 5.75 Å². The molecule has 1 aromatic carbocycles. The average Bonchev–Trinajstić information content (AvgIpc) is 2.36. The van der Waals surface area contributed by atoms with Gasteiger partial charge in [-0.15, -0.1) is 0 Å². The zero-order valence-electron chi connectivity index (χ0n) is 10.4. The number of nitrogens with one attached hydrogen (secondary N) is 1. The molecule has 1 rings (SSSR count). The molecule has 3 N–H and O–H groups in total. The molecule has 0 aliphatic heterocycles. The molecular weight excluding hydrogens is 248 g/mol. The first-order valence-corrected chi connectivity index (χ1v) is 6.30. The second kappa shape index (κ2) is 7.66. The highest BCUT2D eigenvalue weighted by Gasteiger charge is 2.18. The summed E-state index contributed by atoms with van der Waals surface area (Å²) in [6.07, 6.45) is 0.612. The van der Waals surface area contributed by atoms with E-state index in [1.165, 1.54) is 0 Å². The molecule has 1 aromatic rings. The van der Waals surface area contributed by atoms with Gasteiger partial charge in [-0.3, -0.25) is 4.79 Å². The molecule has 1 atom stereocenters. The number of thiocarbonyl (C=S) groups is 1. The third kappa shape index (κ3) is 4.71. The lowest BCUT2D eigenvalue weighted by Gasteiger charge is -2.13. The molecule has 0 aliphatic carbocycles. The highest BCUT2D eigenvalue weighted by molar-refractivity contribution is 7.80. The van der Waals surface area contributed by atoms with Gasteiger partial charge in [0.1, 0.15) is 12.4 Å². The topological polar surface area (TPSA) is 64.3 Å². The number of benzene rings is 1. The molecule has 1 amide bonds. The summed E-state index contributed by atoms with van der Waals surface area (Å²) in [5, 5.41) is 2.75. The van der Waals surface area contributed by atoms with Crippen LogP contribution in [0.1, 0.15) is 13.3 Å². The maximum absolute atomic E-state index is 11.7. The maximum atomic E-state index is 11.7. The van der Waals surface area contributed by atoms with Crippen LogP contribution >= 0.6 is 12.2 Å². The average molecular weight is 266 g/mol. The van der Waals surface area contributed by atoms with Crippen molar-refractivity contribution >= 4 is 23.1 Å². The van der Waals surface area contributed by atoms with Gasteiger partial charge in [-0.2, -0.15) is 0 Å². The Kier molecular flexibility index (Phi) is 6.14. The monoisotopic (exact) mass is 266 g/mol. The van der Waals surface area contributed by atoms with Crippen molar-refractivity contribution in [1.82, 2.24) is 5.32 Å². The summed E-state index contributed by atoms with van der Waals surface area (Å²) in [5.74, 6) is 0.256. The standard InChI is InChI=1S/C13H18N2O2S/c1-2-11(12(14)18)13(16)15-8-9-17-10-6-4-3-5-7-10/h3-7,11H,2,8-9H2,1H3,(H2,14,18)(H,15,16). The Morgan fingerprint density at radius 3 is 2.67 bits per heavy atom. The zero-order chi connectivity index (χ0) is 13.4. The molecule has 5 heteroatoms. The van der Waals surface area contributed by atoms with E-state index in [2.05, 4.69) is 5.32 Å². The van der Waals surface area contributed by atoms with E-state index >= 15 is 0 Å². The summed E-state index contributed by atoms with van der Waals surface area (Å²) < 4.78 is 5.45. The van der Waals surface area contributed by atoms with Gasteiger partial charge in [-0.05, 0) is 18.6 Å². The number of para-hydroxylation sites is 1. The Labute approximate surface area is 113 Å². The zero-order valence-corrected chi connectivity index (χ0v) is 11.2.